The Morgan fingerprint density at radius 3 is 2.38 bits per heavy atom. The monoisotopic (exact) mass is 394 g/mol. The summed E-state index contributed by atoms with van der Waals surface area (Å²) in [4.78, 5) is 19.3. The van der Waals surface area contributed by atoms with Crippen LogP contribution in [-0.4, -0.2) is 33.4 Å². The van der Waals surface area contributed by atoms with Gasteiger partial charge in [-0.25, -0.2) is 8.42 Å². The van der Waals surface area contributed by atoms with E-state index in [-0.39, 0.29) is 23.0 Å². The van der Waals surface area contributed by atoms with Crippen LogP contribution in [0.3, 0.4) is 0 Å². The van der Waals surface area contributed by atoms with Crippen LogP contribution in [0.5, 0.6) is 0 Å². The van der Waals surface area contributed by atoms with E-state index in [2.05, 4.69) is 15.2 Å². The summed E-state index contributed by atoms with van der Waals surface area (Å²) in [5.41, 5.74) is 4.28. The quantitative estimate of drug-likeness (QED) is 0.578. The average Bonchev–Trinajstić information content (AvgIpc) is 3.03. The van der Waals surface area contributed by atoms with Crippen molar-refractivity contribution in [2.24, 2.45) is 0 Å². The Bertz CT molecular complexity index is 1020. The molecule has 0 radical (unpaired) electrons. The van der Waals surface area contributed by atoms with Crippen LogP contribution in [0.15, 0.2) is 59.5 Å². The summed E-state index contributed by atoms with van der Waals surface area (Å²) in [6.45, 7) is 0. The van der Waals surface area contributed by atoms with Crippen LogP contribution in [-0.2, 0) is 10.0 Å². The van der Waals surface area contributed by atoms with Gasteiger partial charge >= 0.3 is 0 Å². The lowest BCUT2D eigenvalue weighted by Gasteiger charge is -2.11. The molecule has 26 heavy (non-hydrogen) atoms. The number of halogens is 1. The molecule has 0 aliphatic heterocycles. The number of fused-ring (bicyclic) bond motifs is 1. The van der Waals surface area contributed by atoms with E-state index in [1.165, 1.54) is 12.1 Å². The van der Waals surface area contributed by atoms with E-state index in [1.54, 1.807) is 24.3 Å². The highest BCUT2D eigenvalue weighted by Crippen LogP contribution is 2.21. The molecule has 1 heterocycles. The van der Waals surface area contributed by atoms with Gasteiger partial charge in [0, 0.05) is 30.7 Å². The summed E-state index contributed by atoms with van der Waals surface area (Å²) in [5.74, 6) is -0.567. The molecule has 0 spiro atoms. The van der Waals surface area contributed by atoms with Crippen molar-refractivity contribution in [2.75, 3.05) is 19.0 Å². The van der Waals surface area contributed by atoms with Gasteiger partial charge in [0.25, 0.3) is 15.9 Å². The Labute approximate surface area is 157 Å². The molecule has 3 N–H and O–H groups in total. The number of hydrogen-bond acceptors (Lipinski definition) is 4. The van der Waals surface area contributed by atoms with Crippen LogP contribution in [0, 0.1) is 0 Å². The summed E-state index contributed by atoms with van der Waals surface area (Å²) in [6, 6.07) is 15.2. The highest BCUT2D eigenvalue weighted by molar-refractivity contribution is 7.89. The van der Waals surface area contributed by atoms with E-state index < -0.39 is 15.9 Å². The number of anilines is 1. The van der Waals surface area contributed by atoms with Crippen molar-refractivity contribution in [3.8, 4) is 0 Å². The van der Waals surface area contributed by atoms with Crippen LogP contribution in [0.4, 0.5) is 5.69 Å². The largest absolute Gasteiger partial charge is 0.378 e. The lowest BCUT2D eigenvalue weighted by Crippen LogP contribution is -2.41. The van der Waals surface area contributed by atoms with Crippen molar-refractivity contribution >= 4 is 44.9 Å². The van der Waals surface area contributed by atoms with Crippen molar-refractivity contribution in [1.82, 2.24) is 15.2 Å². The number of sulfonamides is 1. The molecule has 2 aromatic carbocycles. The van der Waals surface area contributed by atoms with E-state index in [1.807, 2.05) is 37.2 Å². The first-order valence-electron chi connectivity index (χ1n) is 7.54. The normalized spacial score (nSPS) is 11.0. The van der Waals surface area contributed by atoms with E-state index in [0.29, 0.717) is 0 Å². The minimum absolute atomic E-state index is 0. The standard InChI is InChI=1S/C17H18N4O3S.ClH/c1-21(2)13-8-9-15-12(10-13)11-16(18-15)17(22)19-20-25(23,24)14-6-4-3-5-7-14;/h3-11,18,20H,1-2H3,(H,19,22);1H. The van der Waals surface area contributed by atoms with Gasteiger partial charge in [0.2, 0.25) is 0 Å². The molecule has 7 nitrogen and oxygen atoms in total. The predicted molar refractivity (Wildman–Crippen MR) is 104 cm³/mol. The van der Waals surface area contributed by atoms with Gasteiger partial charge in [-0.05, 0) is 36.4 Å². The zero-order chi connectivity index (χ0) is 18.0. The number of amides is 1. The highest BCUT2D eigenvalue weighted by atomic mass is 35.5. The maximum absolute atomic E-state index is 12.2. The number of benzene rings is 2. The third kappa shape index (κ3) is 4.16. The minimum Gasteiger partial charge on any atom is -0.378 e. The number of aromatic amines is 1. The number of hydrazine groups is 1. The fraction of sp³-hybridized carbons (Fsp3) is 0.118. The van der Waals surface area contributed by atoms with Crippen LogP contribution in [0.25, 0.3) is 10.9 Å². The van der Waals surface area contributed by atoms with Crippen LogP contribution in [0.1, 0.15) is 10.5 Å². The predicted octanol–water partition coefficient (Wildman–Crippen LogP) is 2.28. The number of carbonyl (C=O) groups excluding carboxylic acids is 1. The Morgan fingerprint density at radius 2 is 1.73 bits per heavy atom. The molecule has 3 aromatic rings. The number of carbonyl (C=O) groups is 1. The maximum Gasteiger partial charge on any atom is 0.282 e. The lowest BCUT2D eigenvalue weighted by molar-refractivity contribution is 0.0941. The molecule has 3 rings (SSSR count). The van der Waals surface area contributed by atoms with E-state index in [4.69, 9.17) is 0 Å². The smallest absolute Gasteiger partial charge is 0.282 e. The number of nitrogens with one attached hydrogen (secondary N) is 3. The summed E-state index contributed by atoms with van der Waals surface area (Å²) in [5, 5.41) is 0.863. The Kier molecular flexibility index (Phi) is 5.91. The number of aromatic nitrogens is 1. The van der Waals surface area contributed by atoms with Crippen molar-refractivity contribution < 1.29 is 13.2 Å². The molecule has 0 aliphatic carbocycles. The highest BCUT2D eigenvalue weighted by Gasteiger charge is 2.16. The second-order valence-electron chi connectivity index (χ2n) is 5.72. The molecule has 9 heteroatoms. The molecule has 1 aromatic heterocycles. The van der Waals surface area contributed by atoms with Gasteiger partial charge in [-0.15, -0.1) is 17.2 Å². The fourth-order valence-corrected chi connectivity index (χ4v) is 3.22. The van der Waals surface area contributed by atoms with Crippen molar-refractivity contribution in [3.63, 3.8) is 0 Å². The van der Waals surface area contributed by atoms with Gasteiger partial charge < -0.3 is 9.88 Å². The van der Waals surface area contributed by atoms with Gasteiger partial charge in [0.1, 0.15) is 5.69 Å². The first kappa shape index (κ1) is 19.8. The molecule has 0 aliphatic rings. The average molecular weight is 395 g/mol. The second-order valence-corrected chi connectivity index (χ2v) is 7.40. The van der Waals surface area contributed by atoms with Crippen LogP contribution >= 0.6 is 12.4 Å². The number of nitrogens with zero attached hydrogens (tertiary/aromatic N) is 1. The molecule has 1 amide bonds. The van der Waals surface area contributed by atoms with E-state index >= 15 is 0 Å². The molecule has 0 bridgehead atoms. The SMILES string of the molecule is CN(C)c1ccc2[nH]c(C(=O)NNS(=O)(=O)c3ccccc3)cc2c1.Cl. The van der Waals surface area contributed by atoms with Gasteiger partial charge in [-0.2, -0.15) is 0 Å². The molecular formula is C17H19ClN4O3S. The number of rotatable bonds is 5. The van der Waals surface area contributed by atoms with Crippen LogP contribution in [0.2, 0.25) is 0 Å². The van der Waals surface area contributed by atoms with Crippen molar-refractivity contribution in [3.05, 3.63) is 60.3 Å². The van der Waals surface area contributed by atoms with Gasteiger partial charge in [-0.1, -0.05) is 18.2 Å². The van der Waals surface area contributed by atoms with Crippen molar-refractivity contribution in [1.29, 1.82) is 0 Å². The first-order valence-corrected chi connectivity index (χ1v) is 9.02. The lowest BCUT2D eigenvalue weighted by atomic mass is 10.2. The first-order chi connectivity index (χ1) is 11.9. The molecule has 0 atom stereocenters. The van der Waals surface area contributed by atoms with Gasteiger partial charge in [0.05, 0.1) is 4.90 Å². The van der Waals surface area contributed by atoms with Crippen molar-refractivity contribution in [2.45, 2.75) is 4.90 Å². The molecule has 0 fully saturated rings. The molecular weight excluding hydrogens is 376 g/mol. The molecule has 0 saturated carbocycles. The molecule has 138 valence electrons. The zero-order valence-corrected chi connectivity index (χ0v) is 15.8. The number of hydrogen-bond donors (Lipinski definition) is 3. The van der Waals surface area contributed by atoms with E-state index in [9.17, 15) is 13.2 Å². The topological polar surface area (TPSA) is 94.3 Å². The Hall–Kier alpha value is -2.55. The van der Waals surface area contributed by atoms with E-state index in [0.717, 1.165) is 16.6 Å². The Morgan fingerprint density at radius 1 is 1.04 bits per heavy atom. The summed E-state index contributed by atoms with van der Waals surface area (Å²) in [6.07, 6.45) is 0. The molecule has 0 unspecified atom stereocenters. The van der Waals surface area contributed by atoms with Gasteiger partial charge in [-0.3, -0.25) is 10.2 Å². The summed E-state index contributed by atoms with van der Waals surface area (Å²) in [7, 11) is 0.0468. The fourth-order valence-electron chi connectivity index (χ4n) is 2.36. The third-order valence-electron chi connectivity index (χ3n) is 3.72. The summed E-state index contributed by atoms with van der Waals surface area (Å²) < 4.78 is 24.2. The Balaban J connectivity index is 0.00000243. The maximum atomic E-state index is 12.2. The summed E-state index contributed by atoms with van der Waals surface area (Å²) >= 11 is 0. The van der Waals surface area contributed by atoms with Crippen LogP contribution < -0.4 is 15.2 Å². The second kappa shape index (κ2) is 7.77. The number of H-pyrrole nitrogens is 1. The molecule has 0 saturated heterocycles. The third-order valence-corrected chi connectivity index (χ3v) is 4.98. The van der Waals surface area contributed by atoms with Gasteiger partial charge in [0.15, 0.2) is 0 Å². The minimum atomic E-state index is -3.81. The zero-order valence-electron chi connectivity index (χ0n) is 14.2.